The van der Waals surface area contributed by atoms with Crippen LogP contribution in [0.1, 0.15) is 31.2 Å². The number of carbonyl (C=O) groups is 2. The van der Waals surface area contributed by atoms with Gasteiger partial charge in [-0.2, -0.15) is 0 Å². The Kier molecular flexibility index (Phi) is 6.66. The van der Waals surface area contributed by atoms with Crippen LogP contribution in [0.4, 0.5) is 5.69 Å². The fourth-order valence-electron chi connectivity index (χ4n) is 3.42. The van der Waals surface area contributed by atoms with Crippen LogP contribution in [0.2, 0.25) is 0 Å². The topological polar surface area (TPSA) is 84.9 Å². The Labute approximate surface area is 164 Å². The van der Waals surface area contributed by atoms with Crippen LogP contribution in [0.25, 0.3) is 0 Å². The minimum absolute atomic E-state index is 0.0304. The average molecular weight is 383 g/mol. The molecule has 1 amide bonds. The number of carbonyl (C=O) groups excluding carboxylic acids is 1. The van der Waals surface area contributed by atoms with Crippen LogP contribution in [-0.4, -0.2) is 36.8 Å². The molecule has 0 bridgehead atoms. The fourth-order valence-corrected chi connectivity index (χ4v) is 3.42. The third kappa shape index (κ3) is 4.89. The number of aliphatic carboxylic acids is 1. The van der Waals surface area contributed by atoms with Gasteiger partial charge in [0.2, 0.25) is 5.91 Å². The number of amides is 1. The lowest BCUT2D eigenvalue weighted by atomic mass is 9.73. The Bertz CT molecular complexity index is 782. The summed E-state index contributed by atoms with van der Waals surface area (Å²) in [6, 6.07) is 17.0. The van der Waals surface area contributed by atoms with Crippen LogP contribution in [0, 0.1) is 0 Å². The highest BCUT2D eigenvalue weighted by Gasteiger charge is 2.41. The first kappa shape index (κ1) is 19.9. The van der Waals surface area contributed by atoms with Crippen molar-refractivity contribution in [3.05, 3.63) is 60.2 Å². The van der Waals surface area contributed by atoms with E-state index in [4.69, 9.17) is 14.6 Å². The van der Waals surface area contributed by atoms with Gasteiger partial charge in [-0.05, 0) is 49.1 Å². The number of hydrogen-bond acceptors (Lipinski definition) is 4. The number of anilines is 1. The zero-order chi connectivity index (χ0) is 19.8. The molecule has 0 atom stereocenters. The second kappa shape index (κ2) is 9.37. The minimum Gasteiger partial charge on any atom is -0.494 e. The van der Waals surface area contributed by atoms with Crippen molar-refractivity contribution >= 4 is 17.6 Å². The van der Waals surface area contributed by atoms with Gasteiger partial charge in [-0.1, -0.05) is 30.3 Å². The maximum absolute atomic E-state index is 13.2. The molecule has 0 spiro atoms. The smallest absolute Gasteiger partial charge is 0.303 e. The molecule has 1 aliphatic rings. The van der Waals surface area contributed by atoms with Crippen molar-refractivity contribution in [2.75, 3.05) is 25.1 Å². The summed E-state index contributed by atoms with van der Waals surface area (Å²) < 4.78 is 11.0. The zero-order valence-corrected chi connectivity index (χ0v) is 15.7. The standard InChI is InChI=1S/C22H25NO5/c24-20(25)7-4-14-28-19-10-8-18(9-11-19)23-21(26)22(12-15-27-16-13-22)17-5-2-1-3-6-17/h1-3,5-6,8-11H,4,7,12-16H2,(H,23,26)(H,24,25). The Morgan fingerprint density at radius 3 is 2.36 bits per heavy atom. The van der Waals surface area contributed by atoms with Crippen molar-refractivity contribution in [2.24, 2.45) is 0 Å². The number of benzene rings is 2. The van der Waals surface area contributed by atoms with Gasteiger partial charge in [0.15, 0.2) is 0 Å². The molecule has 0 aliphatic carbocycles. The molecule has 0 aromatic heterocycles. The summed E-state index contributed by atoms with van der Waals surface area (Å²) in [5.74, 6) is -0.216. The van der Waals surface area contributed by atoms with Crippen molar-refractivity contribution in [1.82, 2.24) is 0 Å². The quantitative estimate of drug-likeness (QED) is 0.680. The van der Waals surface area contributed by atoms with E-state index in [-0.39, 0.29) is 12.3 Å². The van der Waals surface area contributed by atoms with E-state index in [1.807, 2.05) is 30.3 Å². The van der Waals surface area contributed by atoms with Crippen LogP contribution in [-0.2, 0) is 19.7 Å². The number of rotatable bonds is 8. The molecule has 2 aromatic carbocycles. The molecule has 148 valence electrons. The van der Waals surface area contributed by atoms with Crippen LogP contribution in [0.15, 0.2) is 54.6 Å². The van der Waals surface area contributed by atoms with Crippen LogP contribution in [0.5, 0.6) is 5.75 Å². The first-order valence-electron chi connectivity index (χ1n) is 9.49. The van der Waals surface area contributed by atoms with Crippen molar-refractivity contribution in [1.29, 1.82) is 0 Å². The number of nitrogens with one attached hydrogen (secondary N) is 1. The number of hydrogen-bond donors (Lipinski definition) is 2. The van der Waals surface area contributed by atoms with Crippen molar-refractivity contribution in [3.63, 3.8) is 0 Å². The summed E-state index contributed by atoms with van der Waals surface area (Å²) in [5.41, 5.74) is 1.12. The predicted octanol–water partition coefficient (Wildman–Crippen LogP) is 3.62. The molecule has 1 heterocycles. The van der Waals surface area contributed by atoms with Crippen LogP contribution in [0.3, 0.4) is 0 Å². The lowest BCUT2D eigenvalue weighted by Gasteiger charge is -2.36. The van der Waals surface area contributed by atoms with Crippen LogP contribution >= 0.6 is 0 Å². The summed E-state index contributed by atoms with van der Waals surface area (Å²) in [4.78, 5) is 23.7. The van der Waals surface area contributed by atoms with E-state index in [9.17, 15) is 9.59 Å². The lowest BCUT2D eigenvalue weighted by Crippen LogP contribution is -2.44. The molecule has 1 aliphatic heterocycles. The maximum Gasteiger partial charge on any atom is 0.303 e. The zero-order valence-electron chi connectivity index (χ0n) is 15.7. The molecule has 1 saturated heterocycles. The second-order valence-electron chi connectivity index (χ2n) is 6.88. The molecule has 0 saturated carbocycles. The van der Waals surface area contributed by atoms with Gasteiger partial charge in [0, 0.05) is 25.3 Å². The Morgan fingerprint density at radius 1 is 1.04 bits per heavy atom. The maximum atomic E-state index is 13.2. The van der Waals surface area contributed by atoms with E-state index >= 15 is 0 Å². The normalized spacial score (nSPS) is 15.6. The molecule has 6 heteroatoms. The van der Waals surface area contributed by atoms with E-state index < -0.39 is 11.4 Å². The first-order chi connectivity index (χ1) is 13.6. The summed E-state index contributed by atoms with van der Waals surface area (Å²) in [7, 11) is 0. The van der Waals surface area contributed by atoms with E-state index in [0.717, 1.165) is 5.56 Å². The third-order valence-electron chi connectivity index (χ3n) is 5.02. The van der Waals surface area contributed by atoms with Gasteiger partial charge < -0.3 is 19.9 Å². The van der Waals surface area contributed by atoms with Crippen molar-refractivity contribution in [3.8, 4) is 5.75 Å². The van der Waals surface area contributed by atoms with Gasteiger partial charge in [-0.15, -0.1) is 0 Å². The highest BCUT2D eigenvalue weighted by atomic mass is 16.5. The Balaban J connectivity index is 1.64. The van der Waals surface area contributed by atoms with Gasteiger partial charge in [0.25, 0.3) is 0 Å². The van der Waals surface area contributed by atoms with E-state index in [1.165, 1.54) is 0 Å². The molecule has 0 unspecified atom stereocenters. The van der Waals surface area contributed by atoms with E-state index in [2.05, 4.69) is 5.32 Å². The van der Waals surface area contributed by atoms with Gasteiger partial charge in [-0.25, -0.2) is 0 Å². The average Bonchev–Trinajstić information content (AvgIpc) is 2.73. The van der Waals surface area contributed by atoms with E-state index in [1.54, 1.807) is 24.3 Å². The van der Waals surface area contributed by atoms with Crippen LogP contribution < -0.4 is 10.1 Å². The van der Waals surface area contributed by atoms with Gasteiger partial charge in [-0.3, -0.25) is 9.59 Å². The van der Waals surface area contributed by atoms with Gasteiger partial charge in [0.05, 0.1) is 12.0 Å². The highest BCUT2D eigenvalue weighted by Crippen LogP contribution is 2.36. The molecule has 3 rings (SSSR count). The SMILES string of the molecule is O=C(O)CCCOc1ccc(NC(=O)C2(c3ccccc3)CCOCC2)cc1. The minimum atomic E-state index is -0.831. The molecular weight excluding hydrogens is 358 g/mol. The predicted molar refractivity (Wildman–Crippen MR) is 106 cm³/mol. The number of carboxylic acids is 1. The summed E-state index contributed by atoms with van der Waals surface area (Å²) in [6.07, 6.45) is 1.83. The summed E-state index contributed by atoms with van der Waals surface area (Å²) in [6.45, 7) is 1.46. The Hall–Kier alpha value is -2.86. The van der Waals surface area contributed by atoms with Gasteiger partial charge in [0.1, 0.15) is 5.75 Å². The van der Waals surface area contributed by atoms with Crippen molar-refractivity contribution in [2.45, 2.75) is 31.1 Å². The molecule has 1 fully saturated rings. The molecule has 28 heavy (non-hydrogen) atoms. The monoisotopic (exact) mass is 383 g/mol. The molecule has 0 radical (unpaired) electrons. The largest absolute Gasteiger partial charge is 0.494 e. The molecule has 2 aromatic rings. The number of carboxylic acid groups (broad SMARTS) is 1. The molecule has 2 N–H and O–H groups in total. The number of ether oxygens (including phenoxy) is 2. The van der Waals surface area contributed by atoms with Gasteiger partial charge >= 0.3 is 5.97 Å². The van der Waals surface area contributed by atoms with Crippen molar-refractivity contribution < 1.29 is 24.2 Å². The van der Waals surface area contributed by atoms with E-state index in [0.29, 0.717) is 50.5 Å². The summed E-state index contributed by atoms with van der Waals surface area (Å²) >= 11 is 0. The Morgan fingerprint density at radius 2 is 1.71 bits per heavy atom. The first-order valence-corrected chi connectivity index (χ1v) is 9.49. The third-order valence-corrected chi connectivity index (χ3v) is 5.02. The second-order valence-corrected chi connectivity index (χ2v) is 6.88. The lowest BCUT2D eigenvalue weighted by molar-refractivity contribution is -0.137. The molecule has 6 nitrogen and oxygen atoms in total. The molecular formula is C22H25NO5. The summed E-state index contributed by atoms with van der Waals surface area (Å²) in [5, 5.41) is 11.7. The fraction of sp³-hybridized carbons (Fsp3) is 0.364. The highest BCUT2D eigenvalue weighted by molar-refractivity contribution is 5.99.